The Balaban J connectivity index is 2.68. The van der Waals surface area contributed by atoms with Crippen LogP contribution in [0.5, 0.6) is 0 Å². The molecule has 1 rings (SSSR count). The van der Waals surface area contributed by atoms with Crippen LogP contribution in [0.4, 0.5) is 0 Å². The molecule has 0 atom stereocenters. The first-order valence-electron chi connectivity index (χ1n) is 6.60. The monoisotopic (exact) mass is 284 g/mol. The van der Waals surface area contributed by atoms with Gasteiger partial charge in [-0.1, -0.05) is 25.9 Å². The summed E-state index contributed by atoms with van der Waals surface area (Å²) < 4.78 is 5.21. The van der Waals surface area contributed by atoms with E-state index in [-0.39, 0.29) is 12.0 Å². The highest BCUT2D eigenvalue weighted by Gasteiger charge is 2.22. The molecule has 0 aromatic carbocycles. The van der Waals surface area contributed by atoms with Gasteiger partial charge in [-0.25, -0.2) is 0 Å². The van der Waals surface area contributed by atoms with Crippen molar-refractivity contribution in [2.45, 2.75) is 32.7 Å². The average molecular weight is 284 g/mol. The second kappa shape index (κ2) is 6.81. The molecular formula is C13H24N4O3. The number of carboxylic acids is 1. The Hall–Kier alpha value is -1.47. The van der Waals surface area contributed by atoms with E-state index in [1.807, 2.05) is 39.8 Å². The van der Waals surface area contributed by atoms with Crippen LogP contribution in [0.25, 0.3) is 0 Å². The fraction of sp³-hybridized carbons (Fsp3) is 0.769. The molecule has 7 heteroatoms. The number of carbonyl (C=O) groups is 1. The summed E-state index contributed by atoms with van der Waals surface area (Å²) in [6.45, 7) is 7.73. The van der Waals surface area contributed by atoms with Crippen molar-refractivity contribution >= 4 is 5.97 Å². The highest BCUT2D eigenvalue weighted by molar-refractivity contribution is 5.69. The van der Waals surface area contributed by atoms with E-state index in [1.165, 1.54) is 0 Å². The molecule has 1 N–H and O–H groups in total. The Morgan fingerprint density at radius 3 is 2.40 bits per heavy atom. The van der Waals surface area contributed by atoms with Crippen LogP contribution in [0, 0.1) is 0 Å². The Labute approximate surface area is 119 Å². The van der Waals surface area contributed by atoms with Gasteiger partial charge in [0.1, 0.15) is 0 Å². The maximum atomic E-state index is 10.9. The van der Waals surface area contributed by atoms with Crippen LogP contribution in [0.15, 0.2) is 4.52 Å². The minimum absolute atomic E-state index is 0.0345. The third kappa shape index (κ3) is 5.66. The highest BCUT2D eigenvalue weighted by Crippen LogP contribution is 2.19. The van der Waals surface area contributed by atoms with Crippen LogP contribution in [0.3, 0.4) is 0 Å². The molecule has 0 bridgehead atoms. The summed E-state index contributed by atoms with van der Waals surface area (Å²) in [5.74, 6) is 0.230. The van der Waals surface area contributed by atoms with E-state index >= 15 is 0 Å². The number of hydrogen-bond donors (Lipinski definition) is 1. The smallest absolute Gasteiger partial charge is 0.317 e. The standard InChI is InChI=1S/C13H24N4O3/c1-13(2,3)12-14-10(15-20-12)8-17(9-11(18)19)7-6-16(4)5/h6-9H2,1-5H3,(H,18,19). The summed E-state index contributed by atoms with van der Waals surface area (Å²) in [5, 5.41) is 12.9. The molecule has 0 radical (unpaired) electrons. The SMILES string of the molecule is CN(C)CCN(CC(=O)O)Cc1noc(C(C)(C)C)n1. The summed E-state index contributed by atoms with van der Waals surface area (Å²) >= 11 is 0. The molecule has 0 saturated heterocycles. The van der Waals surface area contributed by atoms with Gasteiger partial charge in [0, 0.05) is 18.5 Å². The van der Waals surface area contributed by atoms with Crippen LogP contribution < -0.4 is 0 Å². The van der Waals surface area contributed by atoms with E-state index < -0.39 is 5.97 Å². The van der Waals surface area contributed by atoms with Crippen molar-refractivity contribution in [3.8, 4) is 0 Å². The summed E-state index contributed by atoms with van der Waals surface area (Å²) in [4.78, 5) is 19.0. The predicted octanol–water partition coefficient (Wildman–Crippen LogP) is 0.815. The minimum atomic E-state index is -0.858. The van der Waals surface area contributed by atoms with Gasteiger partial charge in [0.15, 0.2) is 5.82 Å². The second-order valence-corrected chi connectivity index (χ2v) is 6.17. The van der Waals surface area contributed by atoms with Crippen molar-refractivity contribution in [1.29, 1.82) is 0 Å². The average Bonchev–Trinajstić information content (AvgIpc) is 2.73. The van der Waals surface area contributed by atoms with E-state index in [2.05, 4.69) is 10.1 Å². The zero-order chi connectivity index (χ0) is 15.3. The Kier molecular flexibility index (Phi) is 5.64. The van der Waals surface area contributed by atoms with Gasteiger partial charge in [0.05, 0.1) is 13.1 Å². The van der Waals surface area contributed by atoms with Gasteiger partial charge in [-0.15, -0.1) is 0 Å². The number of aliphatic carboxylic acids is 1. The van der Waals surface area contributed by atoms with E-state index in [0.717, 1.165) is 6.54 Å². The summed E-state index contributed by atoms with van der Waals surface area (Å²) in [6.07, 6.45) is 0. The van der Waals surface area contributed by atoms with Crippen molar-refractivity contribution < 1.29 is 14.4 Å². The van der Waals surface area contributed by atoms with Gasteiger partial charge in [-0.2, -0.15) is 4.98 Å². The second-order valence-electron chi connectivity index (χ2n) is 6.17. The maximum Gasteiger partial charge on any atom is 0.317 e. The zero-order valence-corrected chi connectivity index (χ0v) is 12.9. The fourth-order valence-electron chi connectivity index (χ4n) is 1.57. The van der Waals surface area contributed by atoms with Crippen LogP contribution in [-0.2, 0) is 16.8 Å². The molecule has 0 aliphatic carbocycles. The Morgan fingerprint density at radius 1 is 1.30 bits per heavy atom. The topological polar surface area (TPSA) is 82.7 Å². The first-order valence-corrected chi connectivity index (χ1v) is 6.60. The summed E-state index contributed by atoms with van der Waals surface area (Å²) in [5.41, 5.74) is -0.202. The van der Waals surface area contributed by atoms with E-state index in [9.17, 15) is 4.79 Å². The highest BCUT2D eigenvalue weighted by atomic mass is 16.5. The molecule has 0 fully saturated rings. The van der Waals surface area contributed by atoms with Crippen molar-refractivity contribution in [2.24, 2.45) is 0 Å². The van der Waals surface area contributed by atoms with Gasteiger partial charge in [-0.05, 0) is 14.1 Å². The largest absolute Gasteiger partial charge is 0.480 e. The Bertz CT molecular complexity index is 437. The van der Waals surface area contributed by atoms with E-state index in [0.29, 0.717) is 24.8 Å². The molecule has 0 unspecified atom stereocenters. The lowest BCUT2D eigenvalue weighted by atomic mass is 9.97. The molecule has 1 aromatic heterocycles. The molecule has 0 aliphatic heterocycles. The lowest BCUT2D eigenvalue weighted by molar-refractivity contribution is -0.138. The third-order valence-corrected chi connectivity index (χ3v) is 2.70. The number of aromatic nitrogens is 2. The molecule has 0 spiro atoms. The Morgan fingerprint density at radius 2 is 1.95 bits per heavy atom. The number of rotatable bonds is 7. The predicted molar refractivity (Wildman–Crippen MR) is 74.5 cm³/mol. The quantitative estimate of drug-likeness (QED) is 0.793. The van der Waals surface area contributed by atoms with Gasteiger partial charge in [0.2, 0.25) is 5.89 Å². The van der Waals surface area contributed by atoms with Crippen LogP contribution in [0.1, 0.15) is 32.5 Å². The number of likely N-dealkylation sites (N-methyl/N-ethyl adjacent to an activating group) is 1. The number of hydrogen-bond acceptors (Lipinski definition) is 6. The van der Waals surface area contributed by atoms with E-state index in [1.54, 1.807) is 4.90 Å². The van der Waals surface area contributed by atoms with Gasteiger partial charge >= 0.3 is 5.97 Å². The first kappa shape index (κ1) is 16.6. The van der Waals surface area contributed by atoms with Gasteiger partial charge in [0.25, 0.3) is 0 Å². The number of carboxylic acid groups (broad SMARTS) is 1. The third-order valence-electron chi connectivity index (χ3n) is 2.70. The maximum absolute atomic E-state index is 10.9. The molecule has 0 aliphatic rings. The molecule has 0 amide bonds. The minimum Gasteiger partial charge on any atom is -0.480 e. The van der Waals surface area contributed by atoms with E-state index in [4.69, 9.17) is 9.63 Å². The molecule has 1 heterocycles. The molecule has 7 nitrogen and oxygen atoms in total. The summed E-state index contributed by atoms with van der Waals surface area (Å²) in [6, 6.07) is 0. The van der Waals surface area contributed by atoms with Crippen LogP contribution in [0.2, 0.25) is 0 Å². The molecular weight excluding hydrogens is 260 g/mol. The molecule has 1 aromatic rings. The fourth-order valence-corrected chi connectivity index (χ4v) is 1.57. The van der Waals surface area contributed by atoms with Crippen molar-refractivity contribution in [3.05, 3.63) is 11.7 Å². The van der Waals surface area contributed by atoms with Gasteiger partial charge in [-0.3, -0.25) is 9.69 Å². The first-order chi connectivity index (χ1) is 9.18. The molecule has 20 heavy (non-hydrogen) atoms. The van der Waals surface area contributed by atoms with Crippen molar-refractivity contribution in [1.82, 2.24) is 19.9 Å². The lowest BCUT2D eigenvalue weighted by Gasteiger charge is -2.20. The van der Waals surface area contributed by atoms with Crippen molar-refractivity contribution in [2.75, 3.05) is 33.7 Å². The molecule has 0 saturated carbocycles. The number of nitrogens with zero attached hydrogens (tertiary/aromatic N) is 4. The normalized spacial score (nSPS) is 12.3. The van der Waals surface area contributed by atoms with Crippen LogP contribution >= 0.6 is 0 Å². The zero-order valence-electron chi connectivity index (χ0n) is 12.9. The summed E-state index contributed by atoms with van der Waals surface area (Å²) in [7, 11) is 3.90. The van der Waals surface area contributed by atoms with Gasteiger partial charge < -0.3 is 14.5 Å². The molecule has 114 valence electrons. The lowest BCUT2D eigenvalue weighted by Crippen LogP contribution is -2.35. The van der Waals surface area contributed by atoms with Crippen molar-refractivity contribution in [3.63, 3.8) is 0 Å². The van der Waals surface area contributed by atoms with Crippen LogP contribution in [-0.4, -0.2) is 64.7 Å².